The Bertz CT molecular complexity index is 728. The molecule has 0 bridgehead atoms. The molecule has 2 aromatic carbocycles. The number of aromatic nitrogens is 2. The summed E-state index contributed by atoms with van der Waals surface area (Å²) in [5, 5.41) is 7.88. The van der Waals surface area contributed by atoms with Gasteiger partial charge in [-0.25, -0.2) is 4.79 Å². The first-order valence-corrected chi connectivity index (χ1v) is 6.05. The van der Waals surface area contributed by atoms with Gasteiger partial charge in [-0.1, -0.05) is 35.9 Å². The molecule has 0 spiro atoms. The number of nitrogens with zero attached hydrogens (tertiary/aromatic N) is 2. The maximum absolute atomic E-state index is 12.2. The van der Waals surface area contributed by atoms with Crippen molar-refractivity contribution in [1.29, 1.82) is 0 Å². The molecule has 1 amide bonds. The minimum atomic E-state index is -0.259. The van der Waals surface area contributed by atoms with Crippen LogP contribution in [-0.4, -0.2) is 15.8 Å². The van der Waals surface area contributed by atoms with Crippen molar-refractivity contribution in [3.05, 3.63) is 60.3 Å². The molecule has 0 aliphatic heterocycles. The van der Waals surface area contributed by atoms with Gasteiger partial charge in [-0.05, 0) is 25.1 Å². The van der Waals surface area contributed by atoms with Crippen molar-refractivity contribution in [2.45, 2.75) is 6.92 Å². The van der Waals surface area contributed by atoms with Gasteiger partial charge in [-0.2, -0.15) is 9.78 Å². The summed E-state index contributed by atoms with van der Waals surface area (Å²) in [5.74, 6) is 0. The van der Waals surface area contributed by atoms with Gasteiger partial charge in [0.05, 0.1) is 11.7 Å². The van der Waals surface area contributed by atoms with Crippen molar-refractivity contribution in [2.75, 3.05) is 5.32 Å². The molecule has 1 heterocycles. The molecule has 0 atom stereocenters. The minimum Gasteiger partial charge on any atom is -0.306 e. The van der Waals surface area contributed by atoms with E-state index >= 15 is 0 Å². The standard InChI is InChI=1S/C15H13N3O/c1-11-6-8-13(9-7-11)17-15(19)18-14-5-3-2-4-12(14)10-16-18/h2-10H,1H3,(H,17,19). The van der Waals surface area contributed by atoms with Crippen molar-refractivity contribution < 1.29 is 4.79 Å². The van der Waals surface area contributed by atoms with Gasteiger partial charge in [0.25, 0.3) is 0 Å². The van der Waals surface area contributed by atoms with E-state index in [-0.39, 0.29) is 6.03 Å². The summed E-state index contributed by atoms with van der Waals surface area (Å²) in [4.78, 5) is 12.2. The summed E-state index contributed by atoms with van der Waals surface area (Å²) in [6.07, 6.45) is 1.68. The molecule has 1 aromatic heterocycles. The van der Waals surface area contributed by atoms with Crippen LogP contribution in [-0.2, 0) is 0 Å². The highest BCUT2D eigenvalue weighted by Gasteiger charge is 2.09. The lowest BCUT2D eigenvalue weighted by Gasteiger charge is -2.06. The first kappa shape index (κ1) is 11.5. The number of fused-ring (bicyclic) bond motifs is 1. The third kappa shape index (κ3) is 2.20. The molecule has 0 unspecified atom stereocenters. The molecule has 3 aromatic rings. The maximum Gasteiger partial charge on any atom is 0.347 e. The summed E-state index contributed by atoms with van der Waals surface area (Å²) < 4.78 is 1.37. The molecule has 94 valence electrons. The largest absolute Gasteiger partial charge is 0.347 e. The van der Waals surface area contributed by atoms with E-state index in [0.717, 1.165) is 22.2 Å². The van der Waals surface area contributed by atoms with E-state index in [1.807, 2.05) is 55.5 Å². The highest BCUT2D eigenvalue weighted by molar-refractivity contribution is 5.97. The zero-order chi connectivity index (χ0) is 13.2. The smallest absolute Gasteiger partial charge is 0.306 e. The number of carbonyl (C=O) groups is 1. The predicted molar refractivity (Wildman–Crippen MR) is 75.3 cm³/mol. The SMILES string of the molecule is Cc1ccc(NC(=O)n2ncc3ccccc32)cc1. The fourth-order valence-electron chi connectivity index (χ4n) is 1.95. The predicted octanol–water partition coefficient (Wildman–Crippen LogP) is 3.42. The van der Waals surface area contributed by atoms with Crippen LogP contribution in [0.15, 0.2) is 54.7 Å². The number of rotatable bonds is 1. The van der Waals surface area contributed by atoms with Crippen molar-refractivity contribution in [3.63, 3.8) is 0 Å². The first-order chi connectivity index (χ1) is 9.24. The molecular weight excluding hydrogens is 238 g/mol. The number of amides is 1. The van der Waals surface area contributed by atoms with E-state index in [4.69, 9.17) is 0 Å². The topological polar surface area (TPSA) is 46.9 Å². The van der Waals surface area contributed by atoms with Gasteiger partial charge in [0.15, 0.2) is 0 Å². The first-order valence-electron chi connectivity index (χ1n) is 6.05. The lowest BCUT2D eigenvalue weighted by Crippen LogP contribution is -2.20. The van der Waals surface area contributed by atoms with Gasteiger partial charge in [-0.15, -0.1) is 0 Å². The molecule has 0 saturated heterocycles. The Labute approximate surface area is 110 Å². The Morgan fingerprint density at radius 1 is 1.11 bits per heavy atom. The summed E-state index contributed by atoms with van der Waals surface area (Å²) in [6, 6.07) is 15.0. The van der Waals surface area contributed by atoms with Crippen molar-refractivity contribution in [3.8, 4) is 0 Å². The second-order valence-corrected chi connectivity index (χ2v) is 4.41. The highest BCUT2D eigenvalue weighted by atomic mass is 16.2. The molecular formula is C15H13N3O. The fourth-order valence-corrected chi connectivity index (χ4v) is 1.95. The van der Waals surface area contributed by atoms with Crippen LogP contribution in [0.5, 0.6) is 0 Å². The average Bonchev–Trinajstić information content (AvgIpc) is 2.85. The fraction of sp³-hybridized carbons (Fsp3) is 0.0667. The van der Waals surface area contributed by atoms with Crippen LogP contribution in [0.1, 0.15) is 5.56 Å². The molecule has 0 saturated carbocycles. The van der Waals surface area contributed by atoms with Crippen LogP contribution in [0.25, 0.3) is 10.9 Å². The van der Waals surface area contributed by atoms with Crippen molar-refractivity contribution >= 4 is 22.6 Å². The number of hydrogen-bond donors (Lipinski definition) is 1. The maximum atomic E-state index is 12.2. The van der Waals surface area contributed by atoms with E-state index in [2.05, 4.69) is 10.4 Å². The molecule has 4 nitrogen and oxygen atoms in total. The van der Waals surface area contributed by atoms with Crippen LogP contribution >= 0.6 is 0 Å². The van der Waals surface area contributed by atoms with Crippen LogP contribution < -0.4 is 5.32 Å². The molecule has 1 N–H and O–H groups in total. The molecule has 0 aliphatic carbocycles. The van der Waals surface area contributed by atoms with Crippen LogP contribution in [0.2, 0.25) is 0 Å². The van der Waals surface area contributed by atoms with E-state index in [9.17, 15) is 4.79 Å². The number of para-hydroxylation sites is 1. The third-order valence-electron chi connectivity index (χ3n) is 2.97. The lowest BCUT2D eigenvalue weighted by atomic mass is 10.2. The summed E-state index contributed by atoms with van der Waals surface area (Å²) in [6.45, 7) is 2.01. The van der Waals surface area contributed by atoms with Gasteiger partial charge in [0.2, 0.25) is 0 Å². The lowest BCUT2D eigenvalue weighted by molar-refractivity contribution is 0.252. The minimum absolute atomic E-state index is 0.259. The Morgan fingerprint density at radius 2 is 1.84 bits per heavy atom. The van der Waals surface area contributed by atoms with Crippen molar-refractivity contribution in [1.82, 2.24) is 9.78 Å². The highest BCUT2D eigenvalue weighted by Crippen LogP contribution is 2.14. The van der Waals surface area contributed by atoms with E-state index in [0.29, 0.717) is 0 Å². The van der Waals surface area contributed by atoms with Crippen molar-refractivity contribution in [2.24, 2.45) is 0 Å². The van der Waals surface area contributed by atoms with Crippen LogP contribution in [0, 0.1) is 6.92 Å². The summed E-state index contributed by atoms with van der Waals surface area (Å²) in [7, 11) is 0. The molecule has 0 aliphatic rings. The van der Waals surface area contributed by atoms with E-state index < -0.39 is 0 Å². The van der Waals surface area contributed by atoms with Gasteiger partial charge in [-0.3, -0.25) is 0 Å². The zero-order valence-corrected chi connectivity index (χ0v) is 10.5. The summed E-state index contributed by atoms with van der Waals surface area (Å²) >= 11 is 0. The Hall–Kier alpha value is -2.62. The molecule has 3 rings (SSSR count). The number of carbonyl (C=O) groups excluding carboxylic acids is 1. The average molecular weight is 251 g/mol. The summed E-state index contributed by atoms with van der Waals surface area (Å²) in [5.41, 5.74) is 2.71. The quantitative estimate of drug-likeness (QED) is 0.720. The van der Waals surface area contributed by atoms with Crippen LogP contribution in [0.3, 0.4) is 0 Å². The van der Waals surface area contributed by atoms with Crippen LogP contribution in [0.4, 0.5) is 10.5 Å². The monoisotopic (exact) mass is 251 g/mol. The van der Waals surface area contributed by atoms with Gasteiger partial charge in [0, 0.05) is 11.1 Å². The number of aryl methyl sites for hydroxylation is 1. The Morgan fingerprint density at radius 3 is 2.63 bits per heavy atom. The second-order valence-electron chi connectivity index (χ2n) is 4.41. The molecule has 4 heteroatoms. The number of anilines is 1. The van der Waals surface area contributed by atoms with E-state index in [1.54, 1.807) is 6.20 Å². The molecule has 19 heavy (non-hydrogen) atoms. The second kappa shape index (κ2) is 4.57. The van der Waals surface area contributed by atoms with Gasteiger partial charge < -0.3 is 5.32 Å². The zero-order valence-electron chi connectivity index (χ0n) is 10.5. The normalized spacial score (nSPS) is 10.6. The third-order valence-corrected chi connectivity index (χ3v) is 2.97. The van der Waals surface area contributed by atoms with Gasteiger partial charge in [0.1, 0.15) is 0 Å². The molecule has 0 fully saturated rings. The van der Waals surface area contributed by atoms with E-state index in [1.165, 1.54) is 4.68 Å². The molecule has 0 radical (unpaired) electrons. The number of nitrogens with one attached hydrogen (secondary N) is 1. The number of hydrogen-bond acceptors (Lipinski definition) is 2. The number of benzene rings is 2. The van der Waals surface area contributed by atoms with Gasteiger partial charge >= 0.3 is 6.03 Å². The Balaban J connectivity index is 1.90. The Kier molecular flexibility index (Phi) is 2.76.